The highest BCUT2D eigenvalue weighted by Crippen LogP contribution is 2.22. The molecule has 0 fully saturated rings. The molecule has 1 rings (SSSR count). The first kappa shape index (κ1) is 13.0. The van der Waals surface area contributed by atoms with Crippen LogP contribution in [0.5, 0.6) is 0 Å². The molecule has 0 aliphatic rings. The summed E-state index contributed by atoms with van der Waals surface area (Å²) in [4.78, 5) is 11.5. The van der Waals surface area contributed by atoms with Crippen LogP contribution in [0.4, 0.5) is 0 Å². The van der Waals surface area contributed by atoms with Crippen LogP contribution >= 0.6 is 0 Å². The van der Waals surface area contributed by atoms with Crippen molar-refractivity contribution in [2.75, 3.05) is 0 Å². The molecule has 0 spiro atoms. The Kier molecular flexibility index (Phi) is 3.61. The Bertz CT molecular complexity index is 394. The number of carbonyl (C=O) groups excluding carboxylic acids is 1. The SMILES string of the molecule is CC(=O)c1c(C)cn(CCC(C)(C)C)c1C. The highest BCUT2D eigenvalue weighted by atomic mass is 16.1. The van der Waals surface area contributed by atoms with E-state index in [1.54, 1.807) is 6.92 Å². The fourth-order valence-electron chi connectivity index (χ4n) is 2.04. The van der Waals surface area contributed by atoms with Gasteiger partial charge >= 0.3 is 0 Å². The lowest BCUT2D eigenvalue weighted by Crippen LogP contribution is -2.11. The van der Waals surface area contributed by atoms with Gasteiger partial charge < -0.3 is 4.57 Å². The van der Waals surface area contributed by atoms with E-state index in [2.05, 4.69) is 31.5 Å². The molecule has 0 bridgehead atoms. The first-order valence-electron chi connectivity index (χ1n) is 5.89. The third-order valence-corrected chi connectivity index (χ3v) is 2.99. The summed E-state index contributed by atoms with van der Waals surface area (Å²) in [5, 5.41) is 0. The molecule has 0 amide bonds. The molecule has 0 aliphatic carbocycles. The van der Waals surface area contributed by atoms with Gasteiger partial charge in [-0.2, -0.15) is 0 Å². The summed E-state index contributed by atoms with van der Waals surface area (Å²) in [6.07, 6.45) is 3.22. The molecule has 2 heteroatoms. The van der Waals surface area contributed by atoms with E-state index in [-0.39, 0.29) is 5.78 Å². The number of rotatable bonds is 3. The number of aromatic nitrogens is 1. The van der Waals surface area contributed by atoms with Crippen LogP contribution in [0.1, 0.15) is 55.7 Å². The summed E-state index contributed by atoms with van der Waals surface area (Å²) >= 11 is 0. The number of ketones is 1. The van der Waals surface area contributed by atoms with Crippen molar-refractivity contribution < 1.29 is 4.79 Å². The molecule has 0 radical (unpaired) electrons. The minimum absolute atomic E-state index is 0.171. The fraction of sp³-hybridized carbons (Fsp3) is 0.643. The van der Waals surface area contributed by atoms with Gasteiger partial charge in [-0.3, -0.25) is 4.79 Å². The van der Waals surface area contributed by atoms with Crippen molar-refractivity contribution in [2.24, 2.45) is 5.41 Å². The monoisotopic (exact) mass is 221 g/mol. The molecule has 90 valence electrons. The Morgan fingerprint density at radius 1 is 1.31 bits per heavy atom. The summed E-state index contributed by atoms with van der Waals surface area (Å²) in [5.74, 6) is 0.171. The Labute approximate surface area is 98.7 Å². The molecule has 16 heavy (non-hydrogen) atoms. The van der Waals surface area contributed by atoms with Crippen LogP contribution < -0.4 is 0 Å². The zero-order valence-corrected chi connectivity index (χ0v) is 11.3. The molecule has 0 atom stereocenters. The maximum atomic E-state index is 11.5. The average Bonchev–Trinajstić information content (AvgIpc) is 2.36. The molecule has 0 saturated heterocycles. The standard InChI is InChI=1S/C14H23NO/c1-10-9-15(8-7-14(4,5)6)11(2)13(10)12(3)16/h9H,7-8H2,1-6H3. The lowest BCUT2D eigenvalue weighted by Gasteiger charge is -2.19. The number of carbonyl (C=O) groups is 1. The number of aryl methyl sites for hydroxylation is 2. The molecular weight excluding hydrogens is 198 g/mol. The third kappa shape index (κ3) is 2.97. The Morgan fingerprint density at radius 2 is 1.88 bits per heavy atom. The summed E-state index contributed by atoms with van der Waals surface area (Å²) in [5.41, 5.74) is 3.43. The Hall–Kier alpha value is -1.05. The minimum Gasteiger partial charge on any atom is -0.351 e. The van der Waals surface area contributed by atoms with E-state index in [1.165, 1.54) is 0 Å². The molecule has 0 aliphatic heterocycles. The average molecular weight is 221 g/mol. The normalized spacial score (nSPS) is 11.9. The van der Waals surface area contributed by atoms with Crippen molar-refractivity contribution in [2.45, 2.75) is 54.5 Å². The van der Waals surface area contributed by atoms with Gasteiger partial charge in [0.15, 0.2) is 5.78 Å². The van der Waals surface area contributed by atoms with Gasteiger partial charge in [-0.1, -0.05) is 20.8 Å². The third-order valence-electron chi connectivity index (χ3n) is 2.99. The Balaban J connectivity index is 2.91. The van der Waals surface area contributed by atoms with Crippen LogP contribution in [0.2, 0.25) is 0 Å². The zero-order chi connectivity index (χ0) is 12.5. The van der Waals surface area contributed by atoms with Crippen molar-refractivity contribution in [1.82, 2.24) is 4.57 Å². The molecule has 0 aromatic carbocycles. The molecule has 1 aromatic rings. The Morgan fingerprint density at radius 3 is 2.25 bits per heavy atom. The highest BCUT2D eigenvalue weighted by Gasteiger charge is 2.15. The van der Waals surface area contributed by atoms with Gasteiger partial charge in [-0.05, 0) is 38.2 Å². The van der Waals surface area contributed by atoms with Crippen LogP contribution in [0, 0.1) is 19.3 Å². The zero-order valence-electron chi connectivity index (χ0n) is 11.3. The molecule has 1 aromatic heterocycles. The summed E-state index contributed by atoms with van der Waals surface area (Å²) in [6.45, 7) is 13.4. The van der Waals surface area contributed by atoms with Gasteiger partial charge in [-0.15, -0.1) is 0 Å². The van der Waals surface area contributed by atoms with Gasteiger partial charge in [0.05, 0.1) is 0 Å². The van der Waals surface area contributed by atoms with E-state index < -0.39 is 0 Å². The molecule has 0 unspecified atom stereocenters. The fourth-order valence-corrected chi connectivity index (χ4v) is 2.04. The molecule has 2 nitrogen and oxygen atoms in total. The van der Waals surface area contributed by atoms with Crippen molar-refractivity contribution in [3.8, 4) is 0 Å². The summed E-state index contributed by atoms with van der Waals surface area (Å²) in [6, 6.07) is 0. The van der Waals surface area contributed by atoms with E-state index in [1.807, 2.05) is 13.8 Å². The number of nitrogens with zero attached hydrogens (tertiary/aromatic N) is 1. The van der Waals surface area contributed by atoms with Gasteiger partial charge in [0.25, 0.3) is 0 Å². The van der Waals surface area contributed by atoms with Gasteiger partial charge in [0, 0.05) is 24.0 Å². The number of hydrogen-bond donors (Lipinski definition) is 0. The van der Waals surface area contributed by atoms with Gasteiger partial charge in [0.1, 0.15) is 0 Å². The second kappa shape index (κ2) is 4.44. The predicted molar refractivity (Wildman–Crippen MR) is 68.0 cm³/mol. The second-order valence-electron chi connectivity index (χ2n) is 5.83. The first-order valence-corrected chi connectivity index (χ1v) is 5.89. The van der Waals surface area contributed by atoms with E-state index in [0.29, 0.717) is 5.41 Å². The molecule has 1 heterocycles. The minimum atomic E-state index is 0.171. The quantitative estimate of drug-likeness (QED) is 0.713. The predicted octanol–water partition coefficient (Wildman–Crippen LogP) is 3.74. The van der Waals surface area contributed by atoms with Crippen LogP contribution in [0.25, 0.3) is 0 Å². The van der Waals surface area contributed by atoms with E-state index in [4.69, 9.17) is 0 Å². The second-order valence-corrected chi connectivity index (χ2v) is 5.83. The van der Waals surface area contributed by atoms with Crippen LogP contribution in [0.15, 0.2) is 6.20 Å². The molecule has 0 saturated carbocycles. The maximum Gasteiger partial charge on any atom is 0.161 e. The highest BCUT2D eigenvalue weighted by molar-refractivity contribution is 5.96. The topological polar surface area (TPSA) is 22.0 Å². The van der Waals surface area contributed by atoms with Crippen LogP contribution in [0.3, 0.4) is 0 Å². The molecular formula is C14H23NO. The van der Waals surface area contributed by atoms with Crippen molar-refractivity contribution in [1.29, 1.82) is 0 Å². The largest absolute Gasteiger partial charge is 0.351 e. The summed E-state index contributed by atoms with van der Waals surface area (Å²) < 4.78 is 2.21. The van der Waals surface area contributed by atoms with E-state index in [9.17, 15) is 4.79 Å². The maximum absolute atomic E-state index is 11.5. The lowest BCUT2D eigenvalue weighted by atomic mass is 9.92. The van der Waals surface area contributed by atoms with E-state index >= 15 is 0 Å². The number of hydrogen-bond acceptors (Lipinski definition) is 1. The smallest absolute Gasteiger partial charge is 0.161 e. The van der Waals surface area contributed by atoms with Gasteiger partial charge in [0.2, 0.25) is 0 Å². The van der Waals surface area contributed by atoms with Gasteiger partial charge in [-0.25, -0.2) is 0 Å². The van der Waals surface area contributed by atoms with Crippen LogP contribution in [-0.2, 0) is 6.54 Å². The molecule has 0 N–H and O–H groups in total. The number of Topliss-reactive ketones (excluding diaryl/α,β-unsaturated/α-hetero) is 1. The van der Waals surface area contributed by atoms with E-state index in [0.717, 1.165) is 29.8 Å². The first-order chi connectivity index (χ1) is 7.22. The lowest BCUT2D eigenvalue weighted by molar-refractivity contribution is 0.101. The van der Waals surface area contributed by atoms with Crippen molar-refractivity contribution in [3.05, 3.63) is 23.0 Å². The van der Waals surface area contributed by atoms with Crippen molar-refractivity contribution >= 4 is 5.78 Å². The summed E-state index contributed by atoms with van der Waals surface area (Å²) in [7, 11) is 0. The van der Waals surface area contributed by atoms with Crippen LogP contribution in [-0.4, -0.2) is 10.4 Å². The van der Waals surface area contributed by atoms with Crippen molar-refractivity contribution in [3.63, 3.8) is 0 Å².